The number of pyridine rings is 1. The summed E-state index contributed by atoms with van der Waals surface area (Å²) < 4.78 is 20.9. The van der Waals surface area contributed by atoms with Crippen LogP contribution >= 0.6 is 11.6 Å². The van der Waals surface area contributed by atoms with Crippen molar-refractivity contribution < 1.29 is 23.8 Å². The molecule has 4 aromatic rings. The fourth-order valence-electron chi connectivity index (χ4n) is 4.16. The second kappa shape index (κ2) is 8.87. The van der Waals surface area contributed by atoms with Crippen LogP contribution in [0.3, 0.4) is 0 Å². The maximum Gasteiger partial charge on any atom is 0.337 e. The number of aryl methyl sites for hydroxylation is 1. The molecule has 1 saturated carbocycles. The highest BCUT2D eigenvalue weighted by Gasteiger charge is 2.32. The Morgan fingerprint density at radius 2 is 2.00 bits per heavy atom. The summed E-state index contributed by atoms with van der Waals surface area (Å²) in [6.07, 6.45) is 2.64. The van der Waals surface area contributed by atoms with E-state index in [1.807, 2.05) is 0 Å². The van der Waals surface area contributed by atoms with Gasteiger partial charge in [-0.25, -0.2) is 9.18 Å². The van der Waals surface area contributed by atoms with Crippen molar-refractivity contribution in [3.8, 4) is 11.3 Å². The number of methoxy groups -OCH3 is 1. The number of ether oxygens (including phenoxy) is 1. The normalized spacial score (nSPS) is 14.2. The van der Waals surface area contributed by atoms with Gasteiger partial charge >= 0.3 is 5.97 Å². The Balaban J connectivity index is 1.71. The maximum atomic E-state index is 15.1. The molecule has 0 spiro atoms. The number of hydrogen-bond acceptors (Lipinski definition) is 6. The van der Waals surface area contributed by atoms with Gasteiger partial charge in [-0.2, -0.15) is 9.78 Å². The van der Waals surface area contributed by atoms with Crippen LogP contribution in [-0.4, -0.2) is 38.9 Å². The number of aliphatic hydroxyl groups excluding tert-OH is 1. The summed E-state index contributed by atoms with van der Waals surface area (Å²) in [5, 5.41) is 15.4. The molecule has 0 aliphatic heterocycles. The molecule has 1 aliphatic rings. The van der Waals surface area contributed by atoms with Crippen LogP contribution < -0.4 is 0 Å². The Morgan fingerprint density at radius 1 is 1.23 bits per heavy atom. The van der Waals surface area contributed by atoms with Crippen LogP contribution in [-0.2, 0) is 4.74 Å². The van der Waals surface area contributed by atoms with E-state index in [4.69, 9.17) is 11.6 Å². The molecular weight excluding hydrogens is 473 g/mol. The molecule has 9 heteroatoms. The van der Waals surface area contributed by atoms with E-state index in [1.54, 1.807) is 31.2 Å². The van der Waals surface area contributed by atoms with Crippen molar-refractivity contribution in [3.63, 3.8) is 0 Å². The lowest BCUT2D eigenvalue weighted by Crippen LogP contribution is -2.16. The van der Waals surface area contributed by atoms with Gasteiger partial charge in [-0.15, -0.1) is 0 Å². The maximum absolute atomic E-state index is 15.1. The topological polar surface area (TPSA) is 94.3 Å². The summed E-state index contributed by atoms with van der Waals surface area (Å²) in [5.74, 6) is -1.75. The van der Waals surface area contributed by atoms with Gasteiger partial charge < -0.3 is 9.84 Å². The van der Waals surface area contributed by atoms with E-state index in [1.165, 1.54) is 25.4 Å². The van der Waals surface area contributed by atoms with Crippen LogP contribution in [0.1, 0.15) is 50.8 Å². The van der Waals surface area contributed by atoms with Gasteiger partial charge in [0.2, 0.25) is 0 Å². The van der Waals surface area contributed by atoms with Crippen LogP contribution in [0.2, 0.25) is 5.02 Å². The average Bonchev–Trinajstić information content (AvgIpc) is 3.63. The fraction of sp³-hybridized carbons (Fsp3) is 0.231. The van der Waals surface area contributed by atoms with Crippen molar-refractivity contribution in [3.05, 3.63) is 81.8 Å². The Morgan fingerprint density at radius 3 is 2.66 bits per heavy atom. The summed E-state index contributed by atoms with van der Waals surface area (Å²) >= 11 is 6.35. The molecule has 7 nitrogen and oxygen atoms in total. The third-order valence-electron chi connectivity index (χ3n) is 6.22. The molecule has 0 saturated heterocycles. The first-order valence-electron chi connectivity index (χ1n) is 11.0. The van der Waals surface area contributed by atoms with Crippen LogP contribution in [0.4, 0.5) is 4.39 Å². The molecular formula is C26H21ClFN3O4. The third kappa shape index (κ3) is 4.09. The van der Waals surface area contributed by atoms with Crippen LogP contribution in [0, 0.1) is 18.7 Å². The van der Waals surface area contributed by atoms with Gasteiger partial charge in [-0.3, -0.25) is 9.78 Å². The Kier molecular flexibility index (Phi) is 5.86. The number of benzene rings is 2. The molecule has 1 N–H and O–H groups in total. The molecule has 1 fully saturated rings. The summed E-state index contributed by atoms with van der Waals surface area (Å²) in [6, 6.07) is 10.6. The van der Waals surface area contributed by atoms with Crippen molar-refractivity contribution in [1.29, 1.82) is 0 Å². The van der Waals surface area contributed by atoms with Crippen LogP contribution in [0.5, 0.6) is 0 Å². The lowest BCUT2D eigenvalue weighted by atomic mass is 10.0. The van der Waals surface area contributed by atoms with E-state index >= 15 is 4.39 Å². The van der Waals surface area contributed by atoms with Gasteiger partial charge in [0.1, 0.15) is 17.0 Å². The minimum atomic E-state index is -0.718. The first kappa shape index (κ1) is 23.1. The van der Waals surface area contributed by atoms with Crippen LogP contribution in [0.15, 0.2) is 48.7 Å². The van der Waals surface area contributed by atoms with Crippen molar-refractivity contribution >= 4 is 34.5 Å². The molecule has 0 bridgehead atoms. The number of carbonyl (C=O) groups excluding carboxylic acids is 2. The Hall–Kier alpha value is -3.62. The van der Waals surface area contributed by atoms with E-state index in [9.17, 15) is 14.7 Å². The molecule has 35 heavy (non-hydrogen) atoms. The zero-order chi connectivity index (χ0) is 24.9. The van der Waals surface area contributed by atoms with E-state index in [0.717, 1.165) is 23.6 Å². The van der Waals surface area contributed by atoms with E-state index in [2.05, 4.69) is 14.8 Å². The first-order valence-corrected chi connectivity index (χ1v) is 11.4. The quantitative estimate of drug-likeness (QED) is 0.388. The summed E-state index contributed by atoms with van der Waals surface area (Å²) in [4.78, 5) is 29.9. The van der Waals surface area contributed by atoms with Gasteiger partial charge in [0.05, 0.1) is 34.9 Å². The lowest BCUT2D eigenvalue weighted by molar-refractivity contribution is 0.0600. The number of fused-ring (bicyclic) bond motifs is 1. The van der Waals surface area contributed by atoms with Crippen molar-refractivity contribution in [2.75, 3.05) is 7.11 Å². The third-order valence-corrected chi connectivity index (χ3v) is 6.54. The van der Waals surface area contributed by atoms with Crippen molar-refractivity contribution in [2.24, 2.45) is 5.92 Å². The number of carbonyl (C=O) groups is 2. The highest BCUT2D eigenvalue weighted by Crippen LogP contribution is 2.41. The molecule has 0 amide bonds. The molecule has 2 heterocycles. The van der Waals surface area contributed by atoms with E-state index in [-0.39, 0.29) is 38.8 Å². The number of nitrogens with zero attached hydrogens (tertiary/aromatic N) is 3. The SMILES string of the molecule is COC(=O)c1ccc(-c2nn(C(=O)c3c(C)cccc3Cl)c3cc(C(O)C4CC4)cnc23)c(F)c1. The van der Waals surface area contributed by atoms with Crippen LogP contribution in [0.25, 0.3) is 22.3 Å². The van der Waals surface area contributed by atoms with E-state index < -0.39 is 23.8 Å². The number of halogens is 2. The van der Waals surface area contributed by atoms with Gasteiger partial charge in [-0.1, -0.05) is 23.7 Å². The van der Waals surface area contributed by atoms with Gasteiger partial charge in [0.25, 0.3) is 5.91 Å². The largest absolute Gasteiger partial charge is 0.465 e. The second-order valence-electron chi connectivity index (χ2n) is 8.60. The predicted molar refractivity (Wildman–Crippen MR) is 128 cm³/mol. The fourth-order valence-corrected chi connectivity index (χ4v) is 4.46. The molecule has 5 rings (SSSR count). The molecule has 1 unspecified atom stereocenters. The van der Waals surface area contributed by atoms with Crippen molar-refractivity contribution in [2.45, 2.75) is 25.9 Å². The summed E-state index contributed by atoms with van der Waals surface area (Å²) in [5.41, 5.74) is 2.30. The second-order valence-corrected chi connectivity index (χ2v) is 9.01. The standard InChI is InChI=1S/C26H21ClFN3O4/c1-13-4-3-5-18(27)21(13)25(33)31-20-11-16(24(32)14-6-7-14)12-29-23(20)22(30-31)17-9-8-15(10-19(17)28)26(34)35-2/h3-5,8-12,14,24,32H,6-7H2,1-2H3. The molecule has 0 radical (unpaired) electrons. The number of hydrogen-bond donors (Lipinski definition) is 1. The molecule has 2 aromatic carbocycles. The number of aromatic nitrogens is 3. The average molecular weight is 494 g/mol. The van der Waals surface area contributed by atoms with Gasteiger partial charge in [0.15, 0.2) is 0 Å². The molecule has 178 valence electrons. The predicted octanol–water partition coefficient (Wildman–Crippen LogP) is 5.12. The summed E-state index contributed by atoms with van der Waals surface area (Å²) in [6.45, 7) is 1.76. The number of esters is 1. The minimum absolute atomic E-state index is 0.0445. The highest BCUT2D eigenvalue weighted by molar-refractivity contribution is 6.34. The smallest absolute Gasteiger partial charge is 0.337 e. The first-order chi connectivity index (χ1) is 16.8. The zero-order valence-electron chi connectivity index (χ0n) is 19.0. The number of aliphatic hydroxyl groups is 1. The zero-order valence-corrected chi connectivity index (χ0v) is 19.7. The Labute approximate surface area is 205 Å². The minimum Gasteiger partial charge on any atom is -0.465 e. The van der Waals surface area contributed by atoms with E-state index in [0.29, 0.717) is 16.6 Å². The molecule has 1 aliphatic carbocycles. The summed E-state index contributed by atoms with van der Waals surface area (Å²) in [7, 11) is 1.21. The monoisotopic (exact) mass is 493 g/mol. The highest BCUT2D eigenvalue weighted by atomic mass is 35.5. The molecule has 1 atom stereocenters. The molecule has 2 aromatic heterocycles. The Bertz CT molecular complexity index is 1480. The van der Waals surface area contributed by atoms with Gasteiger partial charge in [0, 0.05) is 17.3 Å². The van der Waals surface area contributed by atoms with Crippen molar-refractivity contribution in [1.82, 2.24) is 14.8 Å². The number of rotatable bonds is 5. The van der Waals surface area contributed by atoms with Gasteiger partial charge in [-0.05, 0) is 61.6 Å². The lowest BCUT2D eigenvalue weighted by Gasteiger charge is -2.10.